The summed E-state index contributed by atoms with van der Waals surface area (Å²) in [7, 11) is 0. The number of carbonyl (C=O) groups is 1. The first-order valence-corrected chi connectivity index (χ1v) is 8.54. The van der Waals surface area contributed by atoms with Gasteiger partial charge in [0.1, 0.15) is 0 Å². The zero-order valence-corrected chi connectivity index (χ0v) is 13.9. The van der Waals surface area contributed by atoms with Gasteiger partial charge in [-0.2, -0.15) is 4.37 Å². The smallest absolute Gasteiger partial charge is 0.291 e. The van der Waals surface area contributed by atoms with Crippen molar-refractivity contribution in [3.05, 3.63) is 51.9 Å². The molecule has 0 spiro atoms. The normalized spacial score (nSPS) is 19.5. The van der Waals surface area contributed by atoms with Crippen LogP contribution in [0.5, 0.6) is 0 Å². The summed E-state index contributed by atoms with van der Waals surface area (Å²) >= 11 is 0.922. The molecule has 1 N–H and O–H groups in total. The lowest BCUT2D eigenvalue weighted by Crippen LogP contribution is -2.43. The number of carbonyl (C=O) groups excluding carboxylic acids is 1. The number of aromatic amines is 1. The lowest BCUT2D eigenvalue weighted by molar-refractivity contribution is 0.0685. The summed E-state index contributed by atoms with van der Waals surface area (Å²) in [5, 5.41) is 0. The molecule has 0 saturated carbocycles. The number of hydrogen-bond donors (Lipinski definition) is 1. The minimum absolute atomic E-state index is 0.0124. The average Bonchev–Trinajstić information content (AvgIpc) is 2.89. The summed E-state index contributed by atoms with van der Waals surface area (Å²) in [6, 6.07) is 10.4. The average molecular weight is 332 g/mol. The Hall–Kier alpha value is -1.99. The van der Waals surface area contributed by atoms with Gasteiger partial charge in [-0.1, -0.05) is 30.3 Å². The zero-order chi connectivity index (χ0) is 16.2. The highest BCUT2D eigenvalue weighted by Crippen LogP contribution is 2.15. The Balaban J connectivity index is 1.69. The molecule has 23 heavy (non-hydrogen) atoms. The summed E-state index contributed by atoms with van der Waals surface area (Å²) in [5.41, 5.74) is 0.895. The molecule has 0 radical (unpaired) electrons. The fraction of sp³-hybridized carbons (Fsp3) is 0.438. The van der Waals surface area contributed by atoms with E-state index in [4.69, 9.17) is 0 Å². The lowest BCUT2D eigenvalue weighted by atomic mass is 10.2. The van der Waals surface area contributed by atoms with Crippen molar-refractivity contribution in [2.45, 2.75) is 25.9 Å². The highest BCUT2D eigenvalue weighted by molar-refractivity contribution is 6.99. The third kappa shape index (κ3) is 3.68. The molecule has 1 amide bonds. The number of aromatic nitrogens is 2. The Morgan fingerprint density at radius 2 is 2.13 bits per heavy atom. The molecule has 3 rings (SSSR count). The maximum atomic E-state index is 12.5. The SMILES string of the molecule is CC1CN(Cc2ccccc2)CCCN1C(=O)c1ns[nH]c1=O. The van der Waals surface area contributed by atoms with Crippen LogP contribution in [0.4, 0.5) is 0 Å². The van der Waals surface area contributed by atoms with Crippen LogP contribution in [0.25, 0.3) is 0 Å². The molecule has 1 aliphatic rings. The van der Waals surface area contributed by atoms with Crippen molar-refractivity contribution in [3.8, 4) is 0 Å². The predicted molar refractivity (Wildman–Crippen MR) is 89.6 cm³/mol. The molecule has 1 aromatic carbocycles. The number of nitrogens with one attached hydrogen (secondary N) is 1. The number of H-pyrrole nitrogens is 1. The van der Waals surface area contributed by atoms with Gasteiger partial charge in [0.15, 0.2) is 0 Å². The van der Waals surface area contributed by atoms with E-state index in [2.05, 4.69) is 25.8 Å². The second-order valence-electron chi connectivity index (χ2n) is 5.88. The number of rotatable bonds is 3. The van der Waals surface area contributed by atoms with Gasteiger partial charge in [0, 0.05) is 43.9 Å². The first-order valence-electron chi connectivity index (χ1n) is 7.77. The van der Waals surface area contributed by atoms with Crippen molar-refractivity contribution in [1.29, 1.82) is 0 Å². The van der Waals surface area contributed by atoms with Crippen LogP contribution in [0.1, 0.15) is 29.4 Å². The van der Waals surface area contributed by atoms with E-state index in [-0.39, 0.29) is 17.6 Å². The van der Waals surface area contributed by atoms with E-state index in [0.29, 0.717) is 6.54 Å². The number of benzene rings is 1. The molecule has 1 fully saturated rings. The van der Waals surface area contributed by atoms with Crippen LogP contribution in [0.15, 0.2) is 35.1 Å². The standard InChI is InChI=1S/C16H20N4O2S/c1-12-10-19(11-13-6-3-2-4-7-13)8-5-9-20(12)16(22)14-15(21)18-23-17-14/h2-4,6-7,12H,5,8-11H2,1H3,(H,18,21). The Bertz CT molecular complexity index is 712. The minimum atomic E-state index is -0.391. The van der Waals surface area contributed by atoms with E-state index in [1.165, 1.54) is 5.56 Å². The molecular weight excluding hydrogens is 312 g/mol. The van der Waals surface area contributed by atoms with Gasteiger partial charge >= 0.3 is 0 Å². The summed E-state index contributed by atoms with van der Waals surface area (Å²) < 4.78 is 6.39. The molecule has 1 saturated heterocycles. The monoisotopic (exact) mass is 332 g/mol. The molecular formula is C16H20N4O2S. The molecule has 1 unspecified atom stereocenters. The molecule has 2 aromatic rings. The van der Waals surface area contributed by atoms with Crippen LogP contribution in [0.2, 0.25) is 0 Å². The second kappa shape index (κ2) is 7.06. The van der Waals surface area contributed by atoms with E-state index in [9.17, 15) is 9.59 Å². The second-order valence-corrected chi connectivity index (χ2v) is 6.45. The third-order valence-corrected chi connectivity index (χ3v) is 4.68. The fourth-order valence-corrected chi connectivity index (χ4v) is 3.48. The quantitative estimate of drug-likeness (QED) is 0.926. The molecule has 1 atom stereocenters. The fourth-order valence-electron chi connectivity index (χ4n) is 3.01. The third-order valence-electron chi connectivity index (χ3n) is 4.13. The molecule has 0 bridgehead atoms. The molecule has 7 heteroatoms. The Labute approximate surface area is 139 Å². The first kappa shape index (κ1) is 15.9. The number of nitrogens with zero attached hydrogens (tertiary/aromatic N) is 3. The van der Waals surface area contributed by atoms with E-state index in [1.807, 2.05) is 25.1 Å². The van der Waals surface area contributed by atoms with E-state index < -0.39 is 5.56 Å². The maximum absolute atomic E-state index is 12.5. The van der Waals surface area contributed by atoms with Crippen molar-refractivity contribution in [2.75, 3.05) is 19.6 Å². The highest BCUT2D eigenvalue weighted by atomic mass is 32.1. The Morgan fingerprint density at radius 1 is 1.35 bits per heavy atom. The van der Waals surface area contributed by atoms with Gasteiger partial charge in [-0.05, 0) is 18.9 Å². The van der Waals surface area contributed by atoms with E-state index in [0.717, 1.165) is 37.8 Å². The molecule has 1 aromatic heterocycles. The van der Waals surface area contributed by atoms with Gasteiger partial charge in [0.2, 0.25) is 5.69 Å². The van der Waals surface area contributed by atoms with Gasteiger partial charge in [-0.15, -0.1) is 0 Å². The van der Waals surface area contributed by atoms with Gasteiger partial charge in [-0.25, -0.2) is 0 Å². The molecule has 2 heterocycles. The van der Waals surface area contributed by atoms with E-state index in [1.54, 1.807) is 4.90 Å². The van der Waals surface area contributed by atoms with Crippen molar-refractivity contribution in [2.24, 2.45) is 0 Å². The van der Waals surface area contributed by atoms with Crippen LogP contribution >= 0.6 is 11.7 Å². The summed E-state index contributed by atoms with van der Waals surface area (Å²) in [6.45, 7) is 5.30. The van der Waals surface area contributed by atoms with Crippen molar-refractivity contribution >= 4 is 17.6 Å². The zero-order valence-electron chi connectivity index (χ0n) is 13.1. The van der Waals surface area contributed by atoms with Gasteiger partial charge in [-0.3, -0.25) is 18.9 Å². The van der Waals surface area contributed by atoms with Gasteiger partial charge < -0.3 is 4.90 Å². The molecule has 1 aliphatic heterocycles. The first-order chi connectivity index (χ1) is 11.1. The van der Waals surface area contributed by atoms with Crippen LogP contribution in [0.3, 0.4) is 0 Å². The highest BCUT2D eigenvalue weighted by Gasteiger charge is 2.28. The van der Waals surface area contributed by atoms with Crippen LogP contribution < -0.4 is 5.56 Å². The van der Waals surface area contributed by atoms with Crippen LogP contribution in [0, 0.1) is 0 Å². The van der Waals surface area contributed by atoms with E-state index >= 15 is 0 Å². The molecule has 122 valence electrons. The van der Waals surface area contributed by atoms with Gasteiger partial charge in [0.25, 0.3) is 11.5 Å². The number of amides is 1. The summed E-state index contributed by atoms with van der Waals surface area (Å²) in [6.07, 6.45) is 0.894. The Kier molecular flexibility index (Phi) is 4.88. The molecule has 6 nitrogen and oxygen atoms in total. The lowest BCUT2D eigenvalue weighted by Gasteiger charge is -2.28. The predicted octanol–water partition coefficient (Wildman–Crippen LogP) is 1.57. The van der Waals surface area contributed by atoms with Crippen LogP contribution in [-0.2, 0) is 6.54 Å². The van der Waals surface area contributed by atoms with Crippen molar-refractivity contribution in [3.63, 3.8) is 0 Å². The maximum Gasteiger partial charge on any atom is 0.291 e. The molecule has 0 aliphatic carbocycles. The minimum Gasteiger partial charge on any atom is -0.333 e. The van der Waals surface area contributed by atoms with Crippen LogP contribution in [-0.4, -0.2) is 50.1 Å². The summed E-state index contributed by atoms with van der Waals surface area (Å²) in [4.78, 5) is 28.3. The Morgan fingerprint density at radius 3 is 2.83 bits per heavy atom. The van der Waals surface area contributed by atoms with Gasteiger partial charge in [0.05, 0.1) is 0 Å². The largest absolute Gasteiger partial charge is 0.333 e. The number of hydrogen-bond acceptors (Lipinski definition) is 5. The topological polar surface area (TPSA) is 69.3 Å². The van der Waals surface area contributed by atoms with Crippen molar-refractivity contribution in [1.82, 2.24) is 18.5 Å². The van der Waals surface area contributed by atoms with Crippen molar-refractivity contribution < 1.29 is 4.79 Å². The summed E-state index contributed by atoms with van der Waals surface area (Å²) in [5.74, 6) is -0.262.